The van der Waals surface area contributed by atoms with E-state index in [2.05, 4.69) is 0 Å². The van der Waals surface area contributed by atoms with Crippen molar-refractivity contribution in [1.82, 2.24) is 4.90 Å². The summed E-state index contributed by atoms with van der Waals surface area (Å²) in [6.07, 6.45) is -1.79. The Morgan fingerprint density at radius 1 is 1.35 bits per heavy atom. The lowest BCUT2D eigenvalue weighted by atomic mass is 10.2. The van der Waals surface area contributed by atoms with Crippen LogP contribution in [0.4, 0.5) is 4.79 Å². The SMILES string of the molecule is C[C@@H]1CN(C(=O)OC(C)(C)C)C[C@H](C(=O)O)O1. The molecule has 1 amide bonds. The van der Waals surface area contributed by atoms with Crippen LogP contribution >= 0.6 is 0 Å². The molecule has 2 atom stereocenters. The highest BCUT2D eigenvalue weighted by atomic mass is 16.6. The van der Waals surface area contributed by atoms with Crippen molar-refractivity contribution >= 4 is 12.1 Å². The molecule has 1 fully saturated rings. The molecule has 6 nitrogen and oxygen atoms in total. The molecule has 1 N–H and O–H groups in total. The quantitative estimate of drug-likeness (QED) is 0.748. The molecular weight excluding hydrogens is 226 g/mol. The maximum absolute atomic E-state index is 11.8. The first-order chi connectivity index (χ1) is 7.69. The lowest BCUT2D eigenvalue weighted by molar-refractivity contribution is -0.161. The van der Waals surface area contributed by atoms with E-state index in [1.807, 2.05) is 0 Å². The molecule has 1 rings (SSSR count). The van der Waals surface area contributed by atoms with Crippen LogP contribution in [0, 0.1) is 0 Å². The first-order valence-electron chi connectivity index (χ1n) is 5.55. The van der Waals surface area contributed by atoms with Crippen molar-refractivity contribution in [3.05, 3.63) is 0 Å². The van der Waals surface area contributed by atoms with Crippen LogP contribution in [-0.2, 0) is 14.3 Å². The van der Waals surface area contributed by atoms with Gasteiger partial charge in [0, 0.05) is 0 Å². The van der Waals surface area contributed by atoms with E-state index in [0.29, 0.717) is 6.54 Å². The number of aliphatic carboxylic acids is 1. The molecule has 0 aromatic heterocycles. The monoisotopic (exact) mass is 245 g/mol. The van der Waals surface area contributed by atoms with E-state index in [1.165, 1.54) is 4.90 Å². The first kappa shape index (κ1) is 13.8. The summed E-state index contributed by atoms with van der Waals surface area (Å²) in [5, 5.41) is 8.88. The van der Waals surface area contributed by atoms with E-state index in [9.17, 15) is 9.59 Å². The van der Waals surface area contributed by atoms with E-state index in [-0.39, 0.29) is 12.6 Å². The van der Waals surface area contributed by atoms with Gasteiger partial charge in [-0.15, -0.1) is 0 Å². The third-order valence-corrected chi connectivity index (χ3v) is 2.19. The van der Waals surface area contributed by atoms with Crippen molar-refractivity contribution in [1.29, 1.82) is 0 Å². The second-order valence-corrected chi connectivity index (χ2v) is 5.16. The van der Waals surface area contributed by atoms with Crippen LogP contribution in [0.25, 0.3) is 0 Å². The van der Waals surface area contributed by atoms with E-state index in [4.69, 9.17) is 14.6 Å². The molecule has 1 aliphatic rings. The summed E-state index contributed by atoms with van der Waals surface area (Å²) < 4.78 is 10.4. The van der Waals surface area contributed by atoms with Gasteiger partial charge in [0.05, 0.1) is 19.2 Å². The standard InChI is InChI=1S/C11H19NO5/c1-7-5-12(6-8(16-7)9(13)14)10(15)17-11(2,3)4/h7-8H,5-6H2,1-4H3,(H,13,14)/t7-,8-/m1/s1. The molecule has 17 heavy (non-hydrogen) atoms. The van der Waals surface area contributed by atoms with Gasteiger partial charge in [-0.2, -0.15) is 0 Å². The third kappa shape index (κ3) is 4.22. The number of morpholine rings is 1. The zero-order valence-electron chi connectivity index (χ0n) is 10.6. The van der Waals surface area contributed by atoms with Crippen molar-refractivity contribution in [3.8, 4) is 0 Å². The zero-order valence-corrected chi connectivity index (χ0v) is 10.6. The van der Waals surface area contributed by atoms with Gasteiger partial charge in [0.1, 0.15) is 5.60 Å². The molecule has 0 aliphatic carbocycles. The van der Waals surface area contributed by atoms with Gasteiger partial charge in [0.2, 0.25) is 0 Å². The minimum atomic E-state index is -1.06. The Morgan fingerprint density at radius 3 is 2.41 bits per heavy atom. The molecule has 0 saturated carbocycles. The molecule has 0 unspecified atom stereocenters. The number of carboxylic acids is 1. The normalized spacial score (nSPS) is 25.5. The smallest absolute Gasteiger partial charge is 0.410 e. The summed E-state index contributed by atoms with van der Waals surface area (Å²) in [5.41, 5.74) is -0.586. The Balaban J connectivity index is 2.64. The maximum atomic E-state index is 11.8. The highest BCUT2D eigenvalue weighted by Gasteiger charge is 2.34. The van der Waals surface area contributed by atoms with Crippen LogP contribution in [0.2, 0.25) is 0 Å². The van der Waals surface area contributed by atoms with Crippen LogP contribution in [0.15, 0.2) is 0 Å². The van der Waals surface area contributed by atoms with Gasteiger partial charge in [0.15, 0.2) is 6.10 Å². The van der Waals surface area contributed by atoms with Crippen molar-refractivity contribution in [2.75, 3.05) is 13.1 Å². The van der Waals surface area contributed by atoms with Gasteiger partial charge in [-0.1, -0.05) is 0 Å². The molecule has 98 valence electrons. The molecule has 1 saturated heterocycles. The average Bonchev–Trinajstić information content (AvgIpc) is 2.13. The molecule has 1 heterocycles. The van der Waals surface area contributed by atoms with E-state index in [1.54, 1.807) is 27.7 Å². The first-order valence-corrected chi connectivity index (χ1v) is 5.55. The fourth-order valence-electron chi connectivity index (χ4n) is 1.56. The Bertz CT molecular complexity index is 309. The van der Waals surface area contributed by atoms with Crippen LogP contribution in [0.1, 0.15) is 27.7 Å². The van der Waals surface area contributed by atoms with E-state index < -0.39 is 23.8 Å². The van der Waals surface area contributed by atoms with Gasteiger partial charge in [-0.05, 0) is 27.7 Å². The number of nitrogens with zero attached hydrogens (tertiary/aromatic N) is 1. The molecule has 0 aromatic carbocycles. The van der Waals surface area contributed by atoms with Gasteiger partial charge in [0.25, 0.3) is 0 Å². The third-order valence-electron chi connectivity index (χ3n) is 2.19. The zero-order chi connectivity index (χ0) is 13.2. The van der Waals surface area contributed by atoms with Crippen LogP contribution < -0.4 is 0 Å². The predicted octanol–water partition coefficient (Wildman–Crippen LogP) is 1.10. The number of hydrogen-bond acceptors (Lipinski definition) is 4. The number of ether oxygens (including phenoxy) is 2. The van der Waals surface area contributed by atoms with Crippen molar-refractivity contribution in [2.24, 2.45) is 0 Å². The van der Waals surface area contributed by atoms with Crippen LogP contribution in [0.3, 0.4) is 0 Å². The number of carbonyl (C=O) groups is 2. The maximum Gasteiger partial charge on any atom is 0.410 e. The number of carbonyl (C=O) groups excluding carboxylic acids is 1. The minimum absolute atomic E-state index is 0.0224. The number of hydrogen-bond donors (Lipinski definition) is 1. The van der Waals surface area contributed by atoms with Crippen molar-refractivity contribution in [2.45, 2.75) is 45.5 Å². The lowest BCUT2D eigenvalue weighted by Crippen LogP contribution is -2.52. The fourth-order valence-corrected chi connectivity index (χ4v) is 1.56. The molecule has 0 radical (unpaired) electrons. The summed E-state index contributed by atoms with van der Waals surface area (Å²) >= 11 is 0. The van der Waals surface area contributed by atoms with Crippen LogP contribution in [0.5, 0.6) is 0 Å². The second kappa shape index (κ2) is 4.91. The lowest BCUT2D eigenvalue weighted by Gasteiger charge is -2.35. The molecule has 0 bridgehead atoms. The van der Waals surface area contributed by atoms with E-state index in [0.717, 1.165) is 0 Å². The van der Waals surface area contributed by atoms with Crippen molar-refractivity contribution < 1.29 is 24.2 Å². The average molecular weight is 245 g/mol. The van der Waals surface area contributed by atoms with Crippen LogP contribution in [-0.4, -0.2) is 53.0 Å². The fraction of sp³-hybridized carbons (Fsp3) is 0.818. The Kier molecular flexibility index (Phi) is 3.98. The van der Waals surface area contributed by atoms with E-state index >= 15 is 0 Å². The Labute approximate surface area is 100 Å². The molecule has 1 aliphatic heterocycles. The summed E-state index contributed by atoms with van der Waals surface area (Å²) in [4.78, 5) is 24.0. The molecule has 0 spiro atoms. The van der Waals surface area contributed by atoms with Gasteiger partial charge < -0.3 is 19.5 Å². The topological polar surface area (TPSA) is 76.1 Å². The molecule has 6 heteroatoms. The molecule has 0 aromatic rings. The number of amides is 1. The minimum Gasteiger partial charge on any atom is -0.479 e. The van der Waals surface area contributed by atoms with Gasteiger partial charge in [-0.25, -0.2) is 9.59 Å². The second-order valence-electron chi connectivity index (χ2n) is 5.16. The predicted molar refractivity (Wildman–Crippen MR) is 59.8 cm³/mol. The number of rotatable bonds is 1. The van der Waals surface area contributed by atoms with Gasteiger partial charge in [-0.3, -0.25) is 0 Å². The molecular formula is C11H19NO5. The number of carboxylic acid groups (broad SMARTS) is 1. The summed E-state index contributed by atoms with van der Waals surface area (Å²) in [7, 11) is 0. The summed E-state index contributed by atoms with van der Waals surface area (Å²) in [5.74, 6) is -1.06. The Morgan fingerprint density at radius 2 is 1.94 bits per heavy atom. The summed E-state index contributed by atoms with van der Waals surface area (Å²) in [6.45, 7) is 7.40. The highest BCUT2D eigenvalue weighted by Crippen LogP contribution is 2.15. The van der Waals surface area contributed by atoms with Gasteiger partial charge >= 0.3 is 12.1 Å². The van der Waals surface area contributed by atoms with Crippen molar-refractivity contribution in [3.63, 3.8) is 0 Å². The highest BCUT2D eigenvalue weighted by molar-refractivity contribution is 5.75. The Hall–Kier alpha value is -1.30. The summed E-state index contributed by atoms with van der Waals surface area (Å²) in [6, 6.07) is 0. The largest absolute Gasteiger partial charge is 0.479 e.